The monoisotopic (exact) mass is 353 g/mol. The molecule has 0 aliphatic heterocycles. The normalized spacial score (nSPS) is 42.7. The number of esters is 1. The SMILES string of the molecule is CCOC(=O)[C@@]1(c2ccccc2)C[C@H]1CNC12CC3CC(CC(C3)C1)C2. The van der Waals surface area contributed by atoms with Crippen molar-refractivity contribution in [2.45, 2.75) is 62.8 Å². The second-order valence-corrected chi connectivity index (χ2v) is 9.54. The van der Waals surface area contributed by atoms with Crippen LogP contribution in [0.5, 0.6) is 0 Å². The molecule has 0 heterocycles. The number of benzene rings is 1. The predicted molar refractivity (Wildman–Crippen MR) is 102 cm³/mol. The molecule has 5 fully saturated rings. The highest BCUT2D eigenvalue weighted by Gasteiger charge is 2.62. The van der Waals surface area contributed by atoms with E-state index in [0.717, 1.165) is 36.3 Å². The molecular formula is C23H31NO2. The molecule has 0 radical (unpaired) electrons. The van der Waals surface area contributed by atoms with E-state index in [9.17, 15) is 4.79 Å². The van der Waals surface area contributed by atoms with Crippen molar-refractivity contribution in [2.75, 3.05) is 13.2 Å². The van der Waals surface area contributed by atoms with Crippen molar-refractivity contribution >= 4 is 5.97 Å². The lowest BCUT2D eigenvalue weighted by atomic mass is 9.53. The van der Waals surface area contributed by atoms with Crippen molar-refractivity contribution in [2.24, 2.45) is 23.7 Å². The standard InChI is InChI=1S/C23H31NO2/c1-2-26-21(25)23(19-6-4-3-5-7-19)14-20(23)15-24-22-11-16-8-17(12-22)10-18(9-16)13-22/h3-7,16-18,20,24H,2,8-15H2,1H3/t16?,17?,18?,20-,22?,23+/m0/s1. The average molecular weight is 354 g/mol. The molecule has 4 bridgehead atoms. The third kappa shape index (κ3) is 2.62. The van der Waals surface area contributed by atoms with Gasteiger partial charge in [0.2, 0.25) is 0 Å². The summed E-state index contributed by atoms with van der Waals surface area (Å²) in [5.41, 5.74) is 1.09. The summed E-state index contributed by atoms with van der Waals surface area (Å²) in [5, 5.41) is 4.00. The van der Waals surface area contributed by atoms with Crippen LogP contribution in [0.15, 0.2) is 30.3 Å². The first-order valence-corrected chi connectivity index (χ1v) is 10.6. The van der Waals surface area contributed by atoms with E-state index in [1.54, 1.807) is 0 Å². The molecule has 5 saturated carbocycles. The summed E-state index contributed by atoms with van der Waals surface area (Å²) in [6.45, 7) is 3.32. The van der Waals surface area contributed by atoms with Gasteiger partial charge in [-0.3, -0.25) is 4.79 Å². The quantitative estimate of drug-likeness (QED) is 0.784. The minimum absolute atomic E-state index is 0.0245. The lowest BCUT2D eigenvalue weighted by molar-refractivity contribution is -0.146. The number of hydrogen-bond acceptors (Lipinski definition) is 3. The van der Waals surface area contributed by atoms with Crippen LogP contribution in [0.1, 0.15) is 57.4 Å². The maximum atomic E-state index is 12.8. The maximum absolute atomic E-state index is 12.8. The first kappa shape index (κ1) is 16.8. The van der Waals surface area contributed by atoms with E-state index in [4.69, 9.17) is 4.74 Å². The van der Waals surface area contributed by atoms with Crippen molar-refractivity contribution < 1.29 is 9.53 Å². The molecule has 5 aliphatic rings. The average Bonchev–Trinajstić information content (AvgIpc) is 3.36. The number of ether oxygens (including phenoxy) is 1. The minimum atomic E-state index is -0.410. The third-order valence-corrected chi connectivity index (χ3v) is 7.80. The molecule has 2 atom stereocenters. The second kappa shape index (κ2) is 6.09. The van der Waals surface area contributed by atoms with Crippen molar-refractivity contribution in [3.05, 3.63) is 35.9 Å². The van der Waals surface area contributed by atoms with E-state index in [1.165, 1.54) is 38.5 Å². The highest BCUT2D eigenvalue weighted by atomic mass is 16.5. The zero-order valence-corrected chi connectivity index (χ0v) is 15.9. The van der Waals surface area contributed by atoms with E-state index in [1.807, 2.05) is 25.1 Å². The van der Waals surface area contributed by atoms with Gasteiger partial charge in [-0.2, -0.15) is 0 Å². The number of rotatable bonds is 6. The molecular weight excluding hydrogens is 322 g/mol. The van der Waals surface area contributed by atoms with Gasteiger partial charge in [0.05, 0.1) is 12.0 Å². The molecule has 0 amide bonds. The summed E-state index contributed by atoms with van der Waals surface area (Å²) < 4.78 is 5.48. The van der Waals surface area contributed by atoms with Crippen molar-refractivity contribution in [3.63, 3.8) is 0 Å². The maximum Gasteiger partial charge on any atom is 0.316 e. The van der Waals surface area contributed by atoms with E-state index in [-0.39, 0.29) is 5.97 Å². The molecule has 0 aromatic heterocycles. The second-order valence-electron chi connectivity index (χ2n) is 9.54. The summed E-state index contributed by atoms with van der Waals surface area (Å²) in [7, 11) is 0. The van der Waals surface area contributed by atoms with Gasteiger partial charge < -0.3 is 10.1 Å². The first-order valence-electron chi connectivity index (χ1n) is 10.6. The zero-order valence-electron chi connectivity index (χ0n) is 15.9. The van der Waals surface area contributed by atoms with Gasteiger partial charge >= 0.3 is 5.97 Å². The Balaban J connectivity index is 1.31. The molecule has 5 aliphatic carbocycles. The van der Waals surface area contributed by atoms with Crippen molar-refractivity contribution in [1.29, 1.82) is 0 Å². The van der Waals surface area contributed by atoms with Crippen LogP contribution in [0.2, 0.25) is 0 Å². The third-order valence-electron chi connectivity index (χ3n) is 7.80. The van der Waals surface area contributed by atoms with Gasteiger partial charge in [-0.1, -0.05) is 30.3 Å². The smallest absolute Gasteiger partial charge is 0.316 e. The van der Waals surface area contributed by atoms with Crippen LogP contribution in [0, 0.1) is 23.7 Å². The van der Waals surface area contributed by atoms with Gasteiger partial charge in [-0.25, -0.2) is 0 Å². The first-order chi connectivity index (χ1) is 12.6. The van der Waals surface area contributed by atoms with Gasteiger partial charge in [0.25, 0.3) is 0 Å². The fraction of sp³-hybridized carbons (Fsp3) is 0.696. The van der Waals surface area contributed by atoms with Crippen LogP contribution < -0.4 is 5.32 Å². The summed E-state index contributed by atoms with van der Waals surface area (Å²) in [4.78, 5) is 12.8. The van der Waals surface area contributed by atoms with Crippen molar-refractivity contribution in [1.82, 2.24) is 5.32 Å². The lowest BCUT2D eigenvalue weighted by Crippen LogP contribution is -2.58. The molecule has 0 saturated heterocycles. The lowest BCUT2D eigenvalue weighted by Gasteiger charge is -2.57. The van der Waals surface area contributed by atoms with Gasteiger partial charge in [0, 0.05) is 5.54 Å². The Morgan fingerprint density at radius 3 is 2.23 bits per heavy atom. The molecule has 26 heavy (non-hydrogen) atoms. The summed E-state index contributed by atoms with van der Waals surface area (Å²) in [6.07, 6.45) is 9.44. The Kier molecular flexibility index (Phi) is 3.93. The van der Waals surface area contributed by atoms with Crippen LogP contribution in [-0.4, -0.2) is 24.7 Å². The van der Waals surface area contributed by atoms with E-state index >= 15 is 0 Å². The largest absolute Gasteiger partial charge is 0.465 e. The molecule has 140 valence electrons. The highest BCUT2D eigenvalue weighted by Crippen LogP contribution is 2.58. The molecule has 3 heteroatoms. The minimum Gasteiger partial charge on any atom is -0.465 e. The fourth-order valence-corrected chi connectivity index (χ4v) is 6.96. The molecule has 0 unspecified atom stereocenters. The highest BCUT2D eigenvalue weighted by molar-refractivity contribution is 5.87. The summed E-state index contributed by atoms with van der Waals surface area (Å²) in [6, 6.07) is 10.3. The van der Waals surface area contributed by atoms with Crippen LogP contribution in [0.3, 0.4) is 0 Å². The molecule has 1 aromatic carbocycles. The molecule has 1 aromatic rings. The Hall–Kier alpha value is -1.35. The van der Waals surface area contributed by atoms with E-state index < -0.39 is 5.41 Å². The zero-order chi connectivity index (χ0) is 17.8. The summed E-state index contributed by atoms with van der Waals surface area (Å²) in [5.74, 6) is 3.21. The van der Waals surface area contributed by atoms with Crippen LogP contribution >= 0.6 is 0 Å². The Labute approximate surface area is 156 Å². The van der Waals surface area contributed by atoms with Gasteiger partial charge in [0.1, 0.15) is 0 Å². The Bertz CT molecular complexity index is 649. The number of carbonyl (C=O) groups excluding carboxylic acids is 1. The Morgan fingerprint density at radius 1 is 1.04 bits per heavy atom. The molecule has 0 spiro atoms. The number of hydrogen-bond donors (Lipinski definition) is 1. The van der Waals surface area contributed by atoms with Crippen LogP contribution in [0.25, 0.3) is 0 Å². The van der Waals surface area contributed by atoms with Gasteiger partial charge in [0.15, 0.2) is 0 Å². The molecule has 1 N–H and O–H groups in total. The molecule has 3 nitrogen and oxygen atoms in total. The molecule has 6 rings (SSSR count). The summed E-state index contributed by atoms with van der Waals surface area (Å²) >= 11 is 0. The topological polar surface area (TPSA) is 38.3 Å². The van der Waals surface area contributed by atoms with Crippen LogP contribution in [-0.2, 0) is 14.9 Å². The predicted octanol–water partition coefficient (Wildman–Crippen LogP) is 4.07. The van der Waals surface area contributed by atoms with Gasteiger partial charge in [-0.05, 0) is 87.6 Å². The van der Waals surface area contributed by atoms with E-state index in [0.29, 0.717) is 18.1 Å². The Morgan fingerprint density at radius 2 is 1.65 bits per heavy atom. The van der Waals surface area contributed by atoms with Gasteiger partial charge in [-0.15, -0.1) is 0 Å². The van der Waals surface area contributed by atoms with Crippen molar-refractivity contribution in [3.8, 4) is 0 Å². The van der Waals surface area contributed by atoms with E-state index in [2.05, 4.69) is 17.4 Å². The number of carbonyl (C=O) groups is 1. The fourth-order valence-electron chi connectivity index (χ4n) is 6.96. The number of nitrogens with one attached hydrogen (secondary N) is 1. The van der Waals surface area contributed by atoms with Crippen LogP contribution in [0.4, 0.5) is 0 Å².